The first kappa shape index (κ1) is 23.2. The van der Waals surface area contributed by atoms with E-state index in [0.29, 0.717) is 18.0 Å². The standard InChI is InChI=1S/C17H23N3O4S2.ClH/c1-13(11-18)19(2)16(21)12-24-15-8-6-14(7-9-15)20(3)26(22,23)17-5-4-10-25-17;/h4-10,13H,11-12,18H2,1-3H3;1H. The lowest BCUT2D eigenvalue weighted by atomic mass is 10.3. The van der Waals surface area contributed by atoms with Gasteiger partial charge in [-0.15, -0.1) is 23.7 Å². The third-order valence-electron chi connectivity index (χ3n) is 4.07. The maximum atomic E-state index is 12.5. The molecule has 0 aliphatic heterocycles. The van der Waals surface area contributed by atoms with Crippen molar-refractivity contribution in [1.82, 2.24) is 4.90 Å². The molecule has 0 spiro atoms. The zero-order valence-corrected chi connectivity index (χ0v) is 17.8. The van der Waals surface area contributed by atoms with Gasteiger partial charge in [-0.05, 0) is 42.6 Å². The highest BCUT2D eigenvalue weighted by Gasteiger charge is 2.22. The van der Waals surface area contributed by atoms with Gasteiger partial charge in [0, 0.05) is 26.7 Å². The van der Waals surface area contributed by atoms with E-state index in [2.05, 4.69) is 0 Å². The van der Waals surface area contributed by atoms with Gasteiger partial charge in [0.15, 0.2) is 6.61 Å². The van der Waals surface area contributed by atoms with Crippen molar-refractivity contribution in [3.8, 4) is 5.75 Å². The highest BCUT2D eigenvalue weighted by Crippen LogP contribution is 2.26. The van der Waals surface area contributed by atoms with Gasteiger partial charge in [0.05, 0.1) is 5.69 Å². The van der Waals surface area contributed by atoms with Crippen LogP contribution in [0.25, 0.3) is 0 Å². The number of carbonyl (C=O) groups is 1. The summed E-state index contributed by atoms with van der Waals surface area (Å²) in [4.78, 5) is 13.6. The first-order valence-corrected chi connectivity index (χ1v) is 10.3. The number of thiophene rings is 1. The summed E-state index contributed by atoms with van der Waals surface area (Å²) in [6.07, 6.45) is 0. The molecule has 1 aromatic carbocycles. The zero-order chi connectivity index (χ0) is 19.3. The molecule has 2 rings (SSSR count). The van der Waals surface area contributed by atoms with Gasteiger partial charge in [-0.3, -0.25) is 9.10 Å². The minimum Gasteiger partial charge on any atom is -0.484 e. The summed E-state index contributed by atoms with van der Waals surface area (Å²) >= 11 is 1.17. The van der Waals surface area contributed by atoms with Crippen molar-refractivity contribution in [2.45, 2.75) is 17.2 Å². The van der Waals surface area contributed by atoms with E-state index in [1.54, 1.807) is 48.8 Å². The number of likely N-dealkylation sites (N-methyl/N-ethyl adjacent to an activating group) is 1. The summed E-state index contributed by atoms with van der Waals surface area (Å²) in [5.41, 5.74) is 6.05. The first-order chi connectivity index (χ1) is 12.3. The van der Waals surface area contributed by atoms with Crippen LogP contribution in [0.5, 0.6) is 5.75 Å². The number of ether oxygens (including phenoxy) is 1. The molecule has 0 fully saturated rings. The Kier molecular flexibility index (Phi) is 8.55. The Bertz CT molecular complexity index is 826. The number of benzene rings is 1. The number of halogens is 1. The minimum absolute atomic E-state index is 0. The van der Waals surface area contributed by atoms with Gasteiger partial charge in [0.25, 0.3) is 15.9 Å². The van der Waals surface area contributed by atoms with Gasteiger partial charge in [0.2, 0.25) is 0 Å². The molecule has 10 heteroatoms. The summed E-state index contributed by atoms with van der Waals surface area (Å²) in [6.45, 7) is 2.13. The second-order valence-electron chi connectivity index (χ2n) is 5.78. The van der Waals surface area contributed by atoms with Crippen LogP contribution in [0, 0.1) is 0 Å². The minimum atomic E-state index is -3.57. The molecule has 150 valence electrons. The quantitative estimate of drug-likeness (QED) is 0.688. The lowest BCUT2D eigenvalue weighted by molar-refractivity contribution is -0.133. The summed E-state index contributed by atoms with van der Waals surface area (Å²) < 4.78 is 32.0. The lowest BCUT2D eigenvalue weighted by Gasteiger charge is -2.23. The predicted octanol–water partition coefficient (Wildman–Crippen LogP) is 2.18. The highest BCUT2D eigenvalue weighted by atomic mass is 35.5. The Hall–Kier alpha value is -1.81. The van der Waals surface area contributed by atoms with Crippen LogP contribution in [-0.4, -0.2) is 52.5 Å². The van der Waals surface area contributed by atoms with E-state index in [9.17, 15) is 13.2 Å². The number of rotatable bonds is 8. The van der Waals surface area contributed by atoms with Crippen LogP contribution in [0.15, 0.2) is 46.0 Å². The van der Waals surface area contributed by atoms with Gasteiger partial charge >= 0.3 is 0 Å². The SMILES string of the molecule is CC(CN)N(C)C(=O)COc1ccc(N(C)S(=O)(=O)c2cccs2)cc1.Cl. The number of hydrogen-bond donors (Lipinski definition) is 1. The van der Waals surface area contributed by atoms with Gasteiger partial charge < -0.3 is 15.4 Å². The van der Waals surface area contributed by atoms with E-state index in [1.807, 2.05) is 6.92 Å². The van der Waals surface area contributed by atoms with Crippen LogP contribution < -0.4 is 14.8 Å². The van der Waals surface area contributed by atoms with E-state index < -0.39 is 10.0 Å². The number of sulfonamides is 1. The summed E-state index contributed by atoms with van der Waals surface area (Å²) in [6, 6.07) is 9.74. The largest absolute Gasteiger partial charge is 0.484 e. The normalized spacial score (nSPS) is 12.0. The average molecular weight is 434 g/mol. The Balaban J connectivity index is 0.00000364. The fourth-order valence-electron chi connectivity index (χ4n) is 2.09. The predicted molar refractivity (Wildman–Crippen MR) is 110 cm³/mol. The Morgan fingerprint density at radius 1 is 1.22 bits per heavy atom. The second kappa shape index (κ2) is 9.93. The van der Waals surface area contributed by atoms with Crippen molar-refractivity contribution < 1.29 is 17.9 Å². The third kappa shape index (κ3) is 5.58. The van der Waals surface area contributed by atoms with E-state index in [0.717, 1.165) is 0 Å². The summed E-state index contributed by atoms with van der Waals surface area (Å²) in [7, 11) is -0.398. The Morgan fingerprint density at radius 3 is 2.37 bits per heavy atom. The van der Waals surface area contributed by atoms with Gasteiger partial charge in [-0.2, -0.15) is 0 Å². The molecular weight excluding hydrogens is 410 g/mol. The Labute approximate surface area is 170 Å². The topological polar surface area (TPSA) is 92.9 Å². The molecule has 27 heavy (non-hydrogen) atoms. The Morgan fingerprint density at radius 2 is 1.85 bits per heavy atom. The van der Waals surface area contributed by atoms with Crippen molar-refractivity contribution in [3.05, 3.63) is 41.8 Å². The second-order valence-corrected chi connectivity index (χ2v) is 8.92. The monoisotopic (exact) mass is 433 g/mol. The molecule has 0 aliphatic carbocycles. The molecule has 0 saturated carbocycles. The molecule has 2 N–H and O–H groups in total. The molecule has 1 aromatic heterocycles. The van der Waals surface area contributed by atoms with Crippen molar-refractivity contribution >= 4 is 45.4 Å². The van der Waals surface area contributed by atoms with E-state index in [4.69, 9.17) is 10.5 Å². The number of amides is 1. The number of anilines is 1. The maximum Gasteiger partial charge on any atom is 0.273 e. The van der Waals surface area contributed by atoms with Gasteiger partial charge in [0.1, 0.15) is 9.96 Å². The molecule has 0 saturated heterocycles. The molecule has 2 aromatic rings. The summed E-state index contributed by atoms with van der Waals surface area (Å²) in [5, 5.41) is 1.72. The average Bonchev–Trinajstić information content (AvgIpc) is 3.20. The zero-order valence-electron chi connectivity index (χ0n) is 15.4. The maximum absolute atomic E-state index is 12.5. The van der Waals surface area contributed by atoms with Crippen LogP contribution in [0.4, 0.5) is 5.69 Å². The first-order valence-electron chi connectivity index (χ1n) is 7.98. The van der Waals surface area contributed by atoms with Crippen molar-refractivity contribution in [3.63, 3.8) is 0 Å². The summed E-state index contributed by atoms with van der Waals surface area (Å²) in [5.74, 6) is 0.308. The number of carbonyl (C=O) groups excluding carboxylic acids is 1. The van der Waals surface area contributed by atoms with E-state index >= 15 is 0 Å². The smallest absolute Gasteiger partial charge is 0.273 e. The molecule has 0 bridgehead atoms. The van der Waals surface area contributed by atoms with Crippen LogP contribution in [0.3, 0.4) is 0 Å². The van der Waals surface area contributed by atoms with Crippen LogP contribution >= 0.6 is 23.7 Å². The van der Waals surface area contributed by atoms with Crippen LogP contribution in [-0.2, 0) is 14.8 Å². The molecule has 1 amide bonds. The van der Waals surface area contributed by atoms with Crippen LogP contribution in [0.2, 0.25) is 0 Å². The molecule has 1 atom stereocenters. The van der Waals surface area contributed by atoms with Gasteiger partial charge in [-0.1, -0.05) is 6.07 Å². The highest BCUT2D eigenvalue weighted by molar-refractivity contribution is 7.94. The molecule has 1 heterocycles. The fraction of sp³-hybridized carbons (Fsp3) is 0.353. The van der Waals surface area contributed by atoms with Crippen molar-refractivity contribution in [1.29, 1.82) is 0 Å². The number of hydrogen-bond acceptors (Lipinski definition) is 6. The third-order valence-corrected chi connectivity index (χ3v) is 7.23. The van der Waals surface area contributed by atoms with Crippen molar-refractivity contribution in [2.24, 2.45) is 5.73 Å². The molecule has 1 unspecified atom stereocenters. The number of nitrogens with zero attached hydrogens (tertiary/aromatic N) is 2. The molecular formula is C17H24ClN3O4S2. The molecule has 0 radical (unpaired) electrons. The van der Waals surface area contributed by atoms with Crippen molar-refractivity contribution in [2.75, 3.05) is 31.6 Å². The lowest BCUT2D eigenvalue weighted by Crippen LogP contribution is -2.42. The van der Waals surface area contributed by atoms with Crippen LogP contribution in [0.1, 0.15) is 6.92 Å². The van der Waals surface area contributed by atoms with Gasteiger partial charge in [-0.25, -0.2) is 8.42 Å². The molecule has 0 aliphatic rings. The number of nitrogens with two attached hydrogens (primary N) is 1. The van der Waals surface area contributed by atoms with E-state index in [-0.39, 0.29) is 35.2 Å². The van der Waals surface area contributed by atoms with E-state index in [1.165, 1.54) is 27.6 Å². The fourth-order valence-corrected chi connectivity index (χ4v) is 4.44. The molecule has 7 nitrogen and oxygen atoms in total.